The molecule has 2 heterocycles. The van der Waals surface area contributed by atoms with Gasteiger partial charge in [-0.3, -0.25) is 4.79 Å². The van der Waals surface area contributed by atoms with Crippen molar-refractivity contribution in [2.24, 2.45) is 5.92 Å². The zero-order valence-electron chi connectivity index (χ0n) is 12.1. The summed E-state index contributed by atoms with van der Waals surface area (Å²) in [6, 6.07) is 0.305. The van der Waals surface area contributed by atoms with Gasteiger partial charge in [0.15, 0.2) is 0 Å². The van der Waals surface area contributed by atoms with Crippen LogP contribution in [0.4, 0.5) is 0 Å². The number of hydrogen-bond acceptors (Lipinski definition) is 2. The van der Waals surface area contributed by atoms with Gasteiger partial charge in [0, 0.05) is 23.9 Å². The Morgan fingerprint density at radius 2 is 2.21 bits per heavy atom. The topological polar surface area (TPSA) is 40.5 Å². The van der Waals surface area contributed by atoms with Crippen LogP contribution < -0.4 is 0 Å². The number of rotatable bonds is 3. The summed E-state index contributed by atoms with van der Waals surface area (Å²) in [5, 5.41) is 10.6. The molecular formula is C16H27NO2. The molecule has 1 aliphatic carbocycles. The predicted octanol–water partition coefficient (Wildman–Crippen LogP) is 2.86. The second-order valence-corrected chi connectivity index (χ2v) is 6.82. The van der Waals surface area contributed by atoms with E-state index in [4.69, 9.17) is 0 Å². The molecule has 0 aromatic heterocycles. The standard InChI is InChI=1S/C16H27NO2/c1-2-3-6-12-11-14(18)13-7-4-5-9-16(13)10-8-15(19)17(12)16/h12-14,18H,2-11H2,1H3/t12-,13+,14-,16-/m0/s1. The van der Waals surface area contributed by atoms with Crippen LogP contribution in [0.5, 0.6) is 0 Å². The molecule has 1 spiro atoms. The fourth-order valence-electron chi connectivity index (χ4n) is 5.02. The number of carbonyl (C=O) groups is 1. The zero-order chi connectivity index (χ0) is 13.5. The fraction of sp³-hybridized carbons (Fsp3) is 0.938. The highest BCUT2D eigenvalue weighted by molar-refractivity contribution is 5.80. The number of aliphatic hydroxyl groups is 1. The Morgan fingerprint density at radius 1 is 1.37 bits per heavy atom. The summed E-state index contributed by atoms with van der Waals surface area (Å²) >= 11 is 0. The molecular weight excluding hydrogens is 238 g/mol. The lowest BCUT2D eigenvalue weighted by Gasteiger charge is -2.56. The quantitative estimate of drug-likeness (QED) is 0.852. The van der Waals surface area contributed by atoms with Gasteiger partial charge in [0.25, 0.3) is 0 Å². The Balaban J connectivity index is 1.89. The molecule has 3 aliphatic rings. The van der Waals surface area contributed by atoms with Crippen LogP contribution in [-0.2, 0) is 4.79 Å². The lowest BCUT2D eigenvalue weighted by Crippen LogP contribution is -2.64. The molecule has 19 heavy (non-hydrogen) atoms. The van der Waals surface area contributed by atoms with Crippen molar-refractivity contribution in [1.29, 1.82) is 0 Å². The van der Waals surface area contributed by atoms with E-state index in [1.807, 2.05) is 0 Å². The minimum atomic E-state index is -0.177. The van der Waals surface area contributed by atoms with Crippen molar-refractivity contribution in [2.45, 2.75) is 88.8 Å². The van der Waals surface area contributed by atoms with Crippen LogP contribution in [0.15, 0.2) is 0 Å². The number of amides is 1. The van der Waals surface area contributed by atoms with Crippen molar-refractivity contribution in [2.75, 3.05) is 0 Å². The molecule has 3 heteroatoms. The van der Waals surface area contributed by atoms with Crippen molar-refractivity contribution in [3.05, 3.63) is 0 Å². The molecule has 1 amide bonds. The maximum absolute atomic E-state index is 12.4. The molecule has 2 aliphatic heterocycles. The van der Waals surface area contributed by atoms with Gasteiger partial charge in [-0.25, -0.2) is 0 Å². The van der Waals surface area contributed by atoms with E-state index in [9.17, 15) is 9.90 Å². The molecule has 2 saturated heterocycles. The van der Waals surface area contributed by atoms with Crippen molar-refractivity contribution in [3.8, 4) is 0 Å². The maximum atomic E-state index is 12.4. The van der Waals surface area contributed by atoms with Gasteiger partial charge in [0.05, 0.1) is 6.10 Å². The van der Waals surface area contributed by atoms with Gasteiger partial charge >= 0.3 is 0 Å². The van der Waals surface area contributed by atoms with E-state index in [1.54, 1.807) is 0 Å². The molecule has 0 aromatic rings. The van der Waals surface area contributed by atoms with Crippen molar-refractivity contribution >= 4 is 5.91 Å². The lowest BCUT2D eigenvalue weighted by atomic mass is 9.64. The minimum absolute atomic E-state index is 0.0331. The van der Waals surface area contributed by atoms with E-state index >= 15 is 0 Å². The van der Waals surface area contributed by atoms with Crippen LogP contribution in [0.2, 0.25) is 0 Å². The van der Waals surface area contributed by atoms with E-state index < -0.39 is 0 Å². The number of piperidine rings is 1. The molecule has 1 N–H and O–H groups in total. The summed E-state index contributed by atoms with van der Waals surface area (Å²) in [6.45, 7) is 2.20. The Morgan fingerprint density at radius 3 is 3.00 bits per heavy atom. The van der Waals surface area contributed by atoms with Crippen molar-refractivity contribution in [3.63, 3.8) is 0 Å². The first-order valence-electron chi connectivity index (χ1n) is 8.19. The minimum Gasteiger partial charge on any atom is -0.393 e. The second-order valence-electron chi connectivity index (χ2n) is 6.82. The number of nitrogens with zero attached hydrogens (tertiary/aromatic N) is 1. The van der Waals surface area contributed by atoms with Gasteiger partial charge in [-0.15, -0.1) is 0 Å². The predicted molar refractivity (Wildman–Crippen MR) is 74.7 cm³/mol. The largest absolute Gasteiger partial charge is 0.393 e. The van der Waals surface area contributed by atoms with Gasteiger partial charge < -0.3 is 10.0 Å². The third kappa shape index (κ3) is 2.01. The van der Waals surface area contributed by atoms with E-state index in [2.05, 4.69) is 11.8 Å². The molecule has 3 fully saturated rings. The first kappa shape index (κ1) is 13.4. The highest BCUT2D eigenvalue weighted by Crippen LogP contribution is 2.52. The molecule has 3 rings (SSSR count). The Kier molecular flexibility index (Phi) is 3.59. The SMILES string of the molecule is CCCC[C@H]1C[C@H](O)[C@H]2CCCC[C@]23CCC(=O)N13. The first-order valence-corrected chi connectivity index (χ1v) is 8.19. The van der Waals surface area contributed by atoms with Gasteiger partial charge in [0.2, 0.25) is 5.91 Å². The van der Waals surface area contributed by atoms with E-state index in [0.29, 0.717) is 24.3 Å². The number of aliphatic hydroxyl groups excluding tert-OH is 1. The molecule has 0 unspecified atom stereocenters. The second kappa shape index (κ2) is 5.08. The molecule has 4 atom stereocenters. The van der Waals surface area contributed by atoms with Crippen molar-refractivity contribution in [1.82, 2.24) is 4.90 Å². The molecule has 108 valence electrons. The van der Waals surface area contributed by atoms with E-state index in [0.717, 1.165) is 32.1 Å². The number of carbonyl (C=O) groups excluding carboxylic acids is 1. The van der Waals surface area contributed by atoms with Crippen LogP contribution >= 0.6 is 0 Å². The van der Waals surface area contributed by atoms with E-state index in [1.165, 1.54) is 25.7 Å². The third-order valence-electron chi connectivity index (χ3n) is 5.82. The van der Waals surface area contributed by atoms with Crippen LogP contribution in [0.1, 0.15) is 71.1 Å². The van der Waals surface area contributed by atoms with E-state index in [-0.39, 0.29) is 11.6 Å². The zero-order valence-corrected chi connectivity index (χ0v) is 12.1. The van der Waals surface area contributed by atoms with Gasteiger partial charge in [-0.05, 0) is 32.1 Å². The monoisotopic (exact) mass is 265 g/mol. The maximum Gasteiger partial charge on any atom is 0.223 e. The Labute approximate surface area is 116 Å². The normalized spacial score (nSPS) is 42.1. The fourth-order valence-corrected chi connectivity index (χ4v) is 5.02. The summed E-state index contributed by atoms with van der Waals surface area (Å²) < 4.78 is 0. The summed E-state index contributed by atoms with van der Waals surface area (Å²) in [6.07, 6.45) is 10.5. The van der Waals surface area contributed by atoms with Gasteiger partial charge in [-0.2, -0.15) is 0 Å². The van der Waals surface area contributed by atoms with Gasteiger partial charge in [-0.1, -0.05) is 32.6 Å². The van der Waals surface area contributed by atoms with Gasteiger partial charge in [0.1, 0.15) is 0 Å². The smallest absolute Gasteiger partial charge is 0.223 e. The summed E-state index contributed by atoms with van der Waals surface area (Å²) in [5.74, 6) is 0.713. The Bertz CT molecular complexity index is 357. The average Bonchev–Trinajstić information content (AvgIpc) is 2.74. The molecule has 0 radical (unpaired) electrons. The first-order chi connectivity index (χ1) is 9.19. The summed E-state index contributed by atoms with van der Waals surface area (Å²) in [4.78, 5) is 14.6. The van der Waals surface area contributed by atoms with Crippen LogP contribution in [0, 0.1) is 5.92 Å². The molecule has 0 aromatic carbocycles. The average molecular weight is 265 g/mol. The molecule has 1 saturated carbocycles. The molecule has 0 bridgehead atoms. The number of unbranched alkanes of at least 4 members (excludes halogenated alkanes) is 1. The summed E-state index contributed by atoms with van der Waals surface area (Å²) in [7, 11) is 0. The van der Waals surface area contributed by atoms with Crippen LogP contribution in [-0.4, -0.2) is 33.6 Å². The van der Waals surface area contributed by atoms with Crippen molar-refractivity contribution < 1.29 is 9.90 Å². The van der Waals surface area contributed by atoms with Crippen LogP contribution in [0.3, 0.4) is 0 Å². The molecule has 3 nitrogen and oxygen atoms in total. The third-order valence-corrected chi connectivity index (χ3v) is 5.82. The highest BCUT2D eigenvalue weighted by atomic mass is 16.3. The Hall–Kier alpha value is -0.570. The highest BCUT2D eigenvalue weighted by Gasteiger charge is 2.58. The lowest BCUT2D eigenvalue weighted by molar-refractivity contribution is -0.152. The summed E-state index contributed by atoms with van der Waals surface area (Å²) in [5.41, 5.74) is 0.0331. The van der Waals surface area contributed by atoms with Crippen LogP contribution in [0.25, 0.3) is 0 Å². The number of hydrogen-bond donors (Lipinski definition) is 1.